The minimum Gasteiger partial charge on any atom is -0.411 e. The van der Waals surface area contributed by atoms with Gasteiger partial charge in [0.05, 0.1) is 0 Å². The molecular formula is C18H30N6O2. The summed E-state index contributed by atoms with van der Waals surface area (Å²) < 4.78 is 4.98. The molecule has 1 atom stereocenters. The van der Waals surface area contributed by atoms with E-state index in [0.717, 1.165) is 31.8 Å². The number of rotatable bonds is 4. The highest BCUT2D eigenvalue weighted by molar-refractivity contribution is 5.83. The van der Waals surface area contributed by atoms with Crippen LogP contribution >= 0.6 is 0 Å². The van der Waals surface area contributed by atoms with Gasteiger partial charge in [0.25, 0.3) is 0 Å². The molecule has 1 amide bonds. The van der Waals surface area contributed by atoms with Crippen molar-refractivity contribution in [3.05, 3.63) is 24.4 Å². The van der Waals surface area contributed by atoms with E-state index in [0.29, 0.717) is 11.4 Å². The second kappa shape index (κ2) is 7.09. The van der Waals surface area contributed by atoms with Crippen molar-refractivity contribution in [2.45, 2.75) is 57.4 Å². The molecule has 5 rings (SSSR count). The van der Waals surface area contributed by atoms with Crippen molar-refractivity contribution >= 4 is 11.9 Å². The average molecular weight is 362 g/mol. The largest absolute Gasteiger partial charge is 0.411 e. The first-order chi connectivity index (χ1) is 12.7. The van der Waals surface area contributed by atoms with Crippen LogP contribution in [0.25, 0.3) is 0 Å². The van der Waals surface area contributed by atoms with Crippen molar-refractivity contribution in [1.29, 1.82) is 0 Å². The van der Waals surface area contributed by atoms with Crippen LogP contribution in [0.15, 0.2) is 23.1 Å². The lowest BCUT2D eigenvalue weighted by Gasteiger charge is -2.33. The predicted octanol–water partition coefficient (Wildman–Crippen LogP) is 3.05. The molecule has 8 heteroatoms. The van der Waals surface area contributed by atoms with E-state index in [1.165, 1.54) is 37.8 Å². The van der Waals surface area contributed by atoms with Gasteiger partial charge in [0.1, 0.15) is 6.04 Å². The summed E-state index contributed by atoms with van der Waals surface area (Å²) in [7, 11) is 0. The van der Waals surface area contributed by atoms with E-state index >= 15 is 0 Å². The fourth-order valence-corrected chi connectivity index (χ4v) is 3.52. The lowest BCUT2D eigenvalue weighted by atomic mass is 9.93. The molecule has 0 radical (unpaired) electrons. The first-order valence-corrected chi connectivity index (χ1v) is 9.46. The van der Waals surface area contributed by atoms with Crippen LogP contribution in [-0.2, 0) is 4.79 Å². The summed E-state index contributed by atoms with van der Waals surface area (Å²) in [6.45, 7) is 3.59. The summed E-state index contributed by atoms with van der Waals surface area (Å²) in [6, 6.07) is 2.03. The summed E-state index contributed by atoms with van der Waals surface area (Å²) in [5.74, 6) is 0.932. The number of nitrogens with one attached hydrogen (secondary N) is 2. The number of anilines is 1. The maximum atomic E-state index is 12.2. The molecule has 2 aromatic rings. The van der Waals surface area contributed by atoms with Crippen LogP contribution in [0.4, 0.5) is 6.01 Å². The number of aromatic amines is 1. The number of amides is 1. The predicted molar refractivity (Wildman–Crippen MR) is 99.7 cm³/mol. The van der Waals surface area contributed by atoms with Crippen LogP contribution in [0.5, 0.6) is 0 Å². The zero-order chi connectivity index (χ0) is 18.0. The number of nitrogens with zero attached hydrogens (tertiary/aromatic N) is 4. The number of piperidine rings is 1. The molecule has 0 unspecified atom stereocenters. The molecule has 144 valence electrons. The van der Waals surface area contributed by atoms with Gasteiger partial charge < -0.3 is 14.6 Å². The Morgan fingerprint density at radius 1 is 1.38 bits per heavy atom. The van der Waals surface area contributed by atoms with Crippen molar-refractivity contribution in [1.82, 2.24) is 25.3 Å². The zero-order valence-corrected chi connectivity index (χ0v) is 15.1. The maximum Gasteiger partial charge on any atom is 0.315 e. The van der Waals surface area contributed by atoms with Crippen LogP contribution in [0, 0.1) is 5.41 Å². The van der Waals surface area contributed by atoms with Gasteiger partial charge in [-0.15, -0.1) is 5.10 Å². The molecular weight excluding hydrogens is 332 g/mol. The van der Waals surface area contributed by atoms with Gasteiger partial charge in [-0.3, -0.25) is 9.89 Å². The molecule has 2 saturated carbocycles. The molecule has 1 aliphatic heterocycles. The van der Waals surface area contributed by atoms with Gasteiger partial charge in [0, 0.05) is 33.8 Å². The van der Waals surface area contributed by atoms with Crippen LogP contribution in [0.3, 0.4) is 0 Å². The third kappa shape index (κ3) is 4.05. The molecule has 1 spiro atoms. The number of hydrogen-bond acceptors (Lipinski definition) is 6. The molecule has 2 aliphatic carbocycles. The Kier molecular flexibility index (Phi) is 4.65. The third-order valence-electron chi connectivity index (χ3n) is 5.70. The number of likely N-dealkylation sites (tertiary alicyclic amines) is 1. The number of hydrogen-bond donors (Lipinski definition) is 2. The summed E-state index contributed by atoms with van der Waals surface area (Å²) in [6.07, 6.45) is 10.8. The molecule has 0 aromatic carbocycles. The fraction of sp³-hybridized carbons (Fsp3) is 0.667. The van der Waals surface area contributed by atoms with Gasteiger partial charge in [-0.2, -0.15) is 5.10 Å². The van der Waals surface area contributed by atoms with Gasteiger partial charge >= 0.3 is 6.01 Å². The van der Waals surface area contributed by atoms with Crippen LogP contribution in [0.2, 0.25) is 0 Å². The molecule has 2 N–H and O–H groups in total. The first kappa shape index (κ1) is 17.1. The second-order valence-electron chi connectivity index (χ2n) is 7.72. The van der Waals surface area contributed by atoms with Crippen molar-refractivity contribution in [2.24, 2.45) is 5.41 Å². The molecule has 3 aliphatic rings. The van der Waals surface area contributed by atoms with Crippen LogP contribution in [-0.4, -0.2) is 50.3 Å². The molecule has 1 saturated heterocycles. The lowest BCUT2D eigenvalue weighted by Crippen LogP contribution is -2.45. The Hall–Kier alpha value is -2.38. The third-order valence-corrected chi connectivity index (χ3v) is 5.70. The fourth-order valence-electron chi connectivity index (χ4n) is 3.52. The minimum atomic E-state index is -0.321. The van der Waals surface area contributed by atoms with Gasteiger partial charge in [0.2, 0.25) is 12.3 Å². The van der Waals surface area contributed by atoms with Crippen molar-refractivity contribution in [3.8, 4) is 0 Å². The monoisotopic (exact) mass is 362 g/mol. The summed E-state index contributed by atoms with van der Waals surface area (Å²) in [5, 5.41) is 17.0. The molecule has 3 heterocycles. The number of carbonyl (C=O) groups is 1. The Morgan fingerprint density at radius 3 is 2.69 bits per heavy atom. The number of carbonyl (C=O) groups excluding carboxylic acids is 1. The molecule has 26 heavy (non-hydrogen) atoms. The second-order valence-corrected chi connectivity index (χ2v) is 7.72. The van der Waals surface area contributed by atoms with E-state index in [-0.39, 0.29) is 14.8 Å². The van der Waals surface area contributed by atoms with E-state index < -0.39 is 0 Å². The highest BCUT2D eigenvalue weighted by atomic mass is 16.4. The average Bonchev–Trinajstić information content (AvgIpc) is 3.52. The Morgan fingerprint density at radius 2 is 2.15 bits per heavy atom. The topological polar surface area (TPSA) is 99.9 Å². The molecule has 0 bridgehead atoms. The first-order valence-electron chi connectivity index (χ1n) is 9.46. The summed E-state index contributed by atoms with van der Waals surface area (Å²) >= 11 is 0. The minimum absolute atomic E-state index is 0. The SMILES string of the molecule is C[C@H](Nc1nnco1)C(=O)N1CCC2(CC1)CC2.[HH].[HH].c1cc(C2CC2)[nH]n1. The van der Waals surface area contributed by atoms with E-state index in [2.05, 4.69) is 31.8 Å². The van der Waals surface area contributed by atoms with Crippen LogP contribution in [0.1, 0.15) is 59.9 Å². The van der Waals surface area contributed by atoms with E-state index in [4.69, 9.17) is 4.42 Å². The smallest absolute Gasteiger partial charge is 0.315 e. The van der Waals surface area contributed by atoms with Gasteiger partial charge in [0.15, 0.2) is 0 Å². The lowest BCUT2D eigenvalue weighted by molar-refractivity contribution is -0.133. The standard InChI is InChI=1S/C12H18N4O2.C6H8N2.2H2/c1-9(14-11-15-13-8-18-11)10(17)16-6-4-12(2-3-12)5-7-16;1-2-5(1)6-3-4-7-8-6;;/h8-9H,2-7H2,1H3,(H,14,15);3-5H,1-2H2,(H,7,8);2*1H/t9-;;;/m0.../s1. The van der Waals surface area contributed by atoms with Crippen LogP contribution < -0.4 is 5.32 Å². The summed E-state index contributed by atoms with van der Waals surface area (Å²) in [4.78, 5) is 14.2. The maximum absolute atomic E-state index is 12.2. The Bertz CT molecular complexity index is 707. The zero-order valence-electron chi connectivity index (χ0n) is 15.1. The van der Waals surface area contributed by atoms with Gasteiger partial charge in [-0.25, -0.2) is 0 Å². The van der Waals surface area contributed by atoms with Crippen molar-refractivity contribution < 1.29 is 12.1 Å². The number of aromatic nitrogens is 4. The summed E-state index contributed by atoms with van der Waals surface area (Å²) in [5.41, 5.74) is 1.91. The molecule has 8 nitrogen and oxygen atoms in total. The van der Waals surface area contributed by atoms with Gasteiger partial charge in [-0.1, -0.05) is 5.10 Å². The highest BCUT2D eigenvalue weighted by Gasteiger charge is 2.45. The van der Waals surface area contributed by atoms with Gasteiger partial charge in [-0.05, 0) is 56.9 Å². The molecule has 2 aromatic heterocycles. The number of H-pyrrole nitrogens is 1. The highest BCUT2D eigenvalue weighted by Crippen LogP contribution is 2.53. The Balaban J connectivity index is 0.000000237. The van der Waals surface area contributed by atoms with Crippen molar-refractivity contribution in [3.63, 3.8) is 0 Å². The quantitative estimate of drug-likeness (QED) is 0.867. The van der Waals surface area contributed by atoms with Crippen molar-refractivity contribution in [2.75, 3.05) is 18.4 Å². The van der Waals surface area contributed by atoms with E-state index in [1.807, 2.05) is 18.0 Å². The normalized spacial score (nSPS) is 21.7. The van der Waals surface area contributed by atoms with E-state index in [1.54, 1.807) is 0 Å². The Labute approximate surface area is 155 Å². The molecule has 3 fully saturated rings. The van der Waals surface area contributed by atoms with E-state index in [9.17, 15) is 4.79 Å².